The lowest BCUT2D eigenvalue weighted by molar-refractivity contribution is -0.143. The number of carbonyl (C=O) groups excluding carboxylic acids is 3. The predicted octanol–water partition coefficient (Wildman–Crippen LogP) is 1.87. The van der Waals surface area contributed by atoms with Gasteiger partial charge in [0.15, 0.2) is 21.7 Å². The Morgan fingerprint density at radius 1 is 1.31 bits per heavy atom. The standard InChI is InChI=1S/C17H23NO6S2/c1-9-15(11(3)19)10(2)18-16(9)17(21)12(4)24-14(20)7-25-13-5-6-26(22,23)8-13/h12-13,18H,5-8H2,1-4H3/t12-,13-/m1/s1. The van der Waals surface area contributed by atoms with Gasteiger partial charge in [-0.05, 0) is 39.7 Å². The third kappa shape index (κ3) is 4.76. The SMILES string of the molecule is CC(=O)c1c(C)[nH]c(C(=O)[C@@H](C)OC(=O)CS[C@@H]2CCS(=O)(=O)C2)c1C. The topological polar surface area (TPSA) is 110 Å². The zero-order valence-electron chi connectivity index (χ0n) is 15.2. The monoisotopic (exact) mass is 401 g/mol. The van der Waals surface area contributed by atoms with Crippen molar-refractivity contribution in [3.8, 4) is 0 Å². The molecule has 7 nitrogen and oxygen atoms in total. The number of aromatic amines is 1. The fraction of sp³-hybridized carbons (Fsp3) is 0.588. The Morgan fingerprint density at radius 3 is 2.46 bits per heavy atom. The van der Waals surface area contributed by atoms with Gasteiger partial charge in [0.05, 0.1) is 23.0 Å². The summed E-state index contributed by atoms with van der Waals surface area (Å²) in [6.07, 6.45) is -0.462. The van der Waals surface area contributed by atoms with Crippen molar-refractivity contribution in [2.75, 3.05) is 17.3 Å². The number of H-pyrrole nitrogens is 1. The second-order valence-electron chi connectivity index (χ2n) is 6.51. The normalized spacial score (nSPS) is 19.9. The Labute approximate surface area is 157 Å². The number of thioether (sulfide) groups is 1. The largest absolute Gasteiger partial charge is 0.454 e. The third-order valence-electron chi connectivity index (χ3n) is 4.34. The summed E-state index contributed by atoms with van der Waals surface area (Å²) in [5.74, 6) is -0.873. The minimum absolute atomic E-state index is 0.000755. The van der Waals surface area contributed by atoms with E-state index in [1.165, 1.54) is 25.6 Å². The van der Waals surface area contributed by atoms with E-state index in [2.05, 4.69) is 4.98 Å². The van der Waals surface area contributed by atoms with Crippen LogP contribution in [0.2, 0.25) is 0 Å². The van der Waals surface area contributed by atoms with Gasteiger partial charge in [-0.3, -0.25) is 14.4 Å². The molecule has 0 aromatic carbocycles. The predicted molar refractivity (Wildman–Crippen MR) is 99.7 cm³/mol. The van der Waals surface area contributed by atoms with Gasteiger partial charge in [-0.1, -0.05) is 0 Å². The van der Waals surface area contributed by atoms with Gasteiger partial charge in [-0.2, -0.15) is 0 Å². The first-order valence-electron chi connectivity index (χ1n) is 8.27. The minimum Gasteiger partial charge on any atom is -0.454 e. The van der Waals surface area contributed by atoms with Crippen molar-refractivity contribution in [2.45, 2.75) is 45.5 Å². The van der Waals surface area contributed by atoms with Crippen molar-refractivity contribution >= 4 is 39.1 Å². The molecule has 26 heavy (non-hydrogen) atoms. The zero-order valence-corrected chi connectivity index (χ0v) is 16.9. The van der Waals surface area contributed by atoms with Gasteiger partial charge >= 0.3 is 5.97 Å². The van der Waals surface area contributed by atoms with Gasteiger partial charge < -0.3 is 9.72 Å². The molecule has 0 bridgehead atoms. The van der Waals surface area contributed by atoms with E-state index in [-0.39, 0.29) is 34.0 Å². The quantitative estimate of drug-likeness (QED) is 0.548. The van der Waals surface area contributed by atoms with Crippen LogP contribution in [-0.4, -0.2) is 59.6 Å². The van der Waals surface area contributed by atoms with E-state index in [0.29, 0.717) is 23.2 Å². The summed E-state index contributed by atoms with van der Waals surface area (Å²) in [6, 6.07) is 0. The number of ether oxygens (including phenoxy) is 1. The maximum absolute atomic E-state index is 12.5. The van der Waals surface area contributed by atoms with E-state index in [1.54, 1.807) is 13.8 Å². The van der Waals surface area contributed by atoms with Crippen molar-refractivity contribution in [1.29, 1.82) is 0 Å². The summed E-state index contributed by atoms with van der Waals surface area (Å²) < 4.78 is 28.0. The summed E-state index contributed by atoms with van der Waals surface area (Å²) in [5.41, 5.74) is 1.90. The fourth-order valence-electron chi connectivity index (χ4n) is 3.09. The molecule has 1 saturated heterocycles. The molecule has 0 radical (unpaired) electrons. The highest BCUT2D eigenvalue weighted by atomic mass is 32.2. The summed E-state index contributed by atoms with van der Waals surface area (Å²) in [6.45, 7) is 6.30. The number of Topliss-reactive ketones (excluding diaryl/α,β-unsaturated/α-hetero) is 2. The number of hydrogen-bond donors (Lipinski definition) is 1. The van der Waals surface area contributed by atoms with Crippen LogP contribution in [-0.2, 0) is 19.4 Å². The molecule has 1 fully saturated rings. The number of hydrogen-bond acceptors (Lipinski definition) is 7. The summed E-state index contributed by atoms with van der Waals surface area (Å²) in [4.78, 5) is 39.1. The Morgan fingerprint density at radius 2 is 1.96 bits per heavy atom. The molecule has 1 aliphatic heterocycles. The van der Waals surface area contributed by atoms with E-state index in [4.69, 9.17) is 4.74 Å². The average molecular weight is 402 g/mol. The van der Waals surface area contributed by atoms with E-state index >= 15 is 0 Å². The lowest BCUT2D eigenvalue weighted by Gasteiger charge is -2.13. The van der Waals surface area contributed by atoms with Crippen LogP contribution in [0.15, 0.2) is 0 Å². The number of aryl methyl sites for hydroxylation is 1. The molecule has 144 valence electrons. The summed E-state index contributed by atoms with van der Waals surface area (Å²) in [7, 11) is -2.99. The Bertz CT molecular complexity index is 840. The molecule has 0 unspecified atom stereocenters. The molecule has 1 aliphatic rings. The molecule has 1 N–H and O–H groups in total. The van der Waals surface area contributed by atoms with Gasteiger partial charge in [0.25, 0.3) is 0 Å². The van der Waals surface area contributed by atoms with Crippen LogP contribution < -0.4 is 0 Å². The number of carbonyl (C=O) groups is 3. The maximum atomic E-state index is 12.5. The maximum Gasteiger partial charge on any atom is 0.316 e. The first-order valence-corrected chi connectivity index (χ1v) is 11.1. The molecule has 1 aromatic rings. The van der Waals surface area contributed by atoms with Gasteiger partial charge in [0.1, 0.15) is 0 Å². The van der Waals surface area contributed by atoms with Crippen LogP contribution in [0.5, 0.6) is 0 Å². The van der Waals surface area contributed by atoms with Crippen molar-refractivity contribution in [2.24, 2.45) is 0 Å². The van der Waals surface area contributed by atoms with Gasteiger partial charge in [-0.25, -0.2) is 8.42 Å². The molecule has 0 saturated carbocycles. The van der Waals surface area contributed by atoms with Crippen LogP contribution in [0.1, 0.15) is 52.4 Å². The number of nitrogens with one attached hydrogen (secondary N) is 1. The number of esters is 1. The zero-order chi connectivity index (χ0) is 19.6. The minimum atomic E-state index is -2.99. The van der Waals surface area contributed by atoms with Crippen LogP contribution >= 0.6 is 11.8 Å². The molecule has 0 aliphatic carbocycles. The van der Waals surface area contributed by atoms with E-state index < -0.39 is 27.7 Å². The molecule has 1 aromatic heterocycles. The lowest BCUT2D eigenvalue weighted by atomic mass is 10.0. The summed E-state index contributed by atoms with van der Waals surface area (Å²) >= 11 is 1.24. The number of ketones is 2. The molecule has 2 heterocycles. The molecule has 0 amide bonds. The molecular formula is C17H23NO6S2. The van der Waals surface area contributed by atoms with Gasteiger partial charge in [0.2, 0.25) is 5.78 Å². The third-order valence-corrected chi connectivity index (χ3v) is 7.60. The molecule has 0 spiro atoms. The first-order chi connectivity index (χ1) is 12.0. The van der Waals surface area contributed by atoms with Crippen molar-refractivity contribution in [1.82, 2.24) is 4.98 Å². The van der Waals surface area contributed by atoms with E-state index in [9.17, 15) is 22.8 Å². The van der Waals surface area contributed by atoms with E-state index in [0.717, 1.165) is 0 Å². The smallest absolute Gasteiger partial charge is 0.316 e. The Hall–Kier alpha value is -1.61. The van der Waals surface area contributed by atoms with Crippen molar-refractivity contribution in [3.05, 3.63) is 22.5 Å². The van der Waals surface area contributed by atoms with E-state index in [1.807, 2.05) is 0 Å². The second-order valence-corrected chi connectivity index (χ2v) is 10.0. The van der Waals surface area contributed by atoms with Crippen LogP contribution in [0, 0.1) is 13.8 Å². The van der Waals surface area contributed by atoms with Gasteiger partial charge in [-0.15, -0.1) is 11.8 Å². The summed E-state index contributed by atoms with van der Waals surface area (Å²) in [5, 5.41) is -0.106. The van der Waals surface area contributed by atoms with Crippen molar-refractivity contribution < 1.29 is 27.5 Å². The van der Waals surface area contributed by atoms with Crippen molar-refractivity contribution in [3.63, 3.8) is 0 Å². The number of rotatable bonds is 7. The lowest BCUT2D eigenvalue weighted by Crippen LogP contribution is -2.26. The highest BCUT2D eigenvalue weighted by Gasteiger charge is 2.30. The highest BCUT2D eigenvalue weighted by Crippen LogP contribution is 2.25. The fourth-order valence-corrected chi connectivity index (χ4v) is 6.51. The average Bonchev–Trinajstić information content (AvgIpc) is 3.03. The van der Waals surface area contributed by atoms with Gasteiger partial charge in [0, 0.05) is 16.5 Å². The van der Waals surface area contributed by atoms with Crippen LogP contribution in [0.4, 0.5) is 0 Å². The highest BCUT2D eigenvalue weighted by molar-refractivity contribution is 8.02. The van der Waals surface area contributed by atoms with Crippen LogP contribution in [0.25, 0.3) is 0 Å². The Kier molecular flexibility index (Phi) is 6.33. The number of sulfone groups is 1. The van der Waals surface area contributed by atoms with Crippen LogP contribution in [0.3, 0.4) is 0 Å². The molecule has 2 rings (SSSR count). The molecule has 2 atom stereocenters. The molecular weight excluding hydrogens is 378 g/mol. The Balaban J connectivity index is 1.94. The first kappa shape index (κ1) is 20.7. The number of aromatic nitrogens is 1. The second kappa shape index (κ2) is 7.96. The molecule has 9 heteroatoms.